The Morgan fingerprint density at radius 1 is 1.10 bits per heavy atom. The topological polar surface area (TPSA) is 90.2 Å². The molecule has 0 amide bonds. The molecule has 1 fully saturated rings. The Morgan fingerprint density at radius 3 is 2.84 bits per heavy atom. The number of furan rings is 1. The van der Waals surface area contributed by atoms with E-state index in [2.05, 4.69) is 21.1 Å². The second-order valence-corrected chi connectivity index (χ2v) is 8.35. The predicted molar refractivity (Wildman–Crippen MR) is 114 cm³/mol. The summed E-state index contributed by atoms with van der Waals surface area (Å²) < 4.78 is 13.1. The fourth-order valence-electron chi connectivity index (χ4n) is 4.86. The first kappa shape index (κ1) is 18.1. The van der Waals surface area contributed by atoms with Gasteiger partial charge in [0.1, 0.15) is 5.69 Å². The van der Waals surface area contributed by atoms with Gasteiger partial charge < -0.3 is 18.4 Å². The van der Waals surface area contributed by atoms with Crippen LogP contribution in [0.15, 0.2) is 62.6 Å². The highest BCUT2D eigenvalue weighted by Crippen LogP contribution is 2.37. The normalized spacial score (nSPS) is 20.0. The van der Waals surface area contributed by atoms with Gasteiger partial charge in [-0.1, -0.05) is 11.2 Å². The molecule has 0 unspecified atom stereocenters. The van der Waals surface area contributed by atoms with Crippen molar-refractivity contribution in [3.05, 3.63) is 70.6 Å². The van der Waals surface area contributed by atoms with Gasteiger partial charge in [-0.25, -0.2) is 9.97 Å². The van der Waals surface area contributed by atoms with Crippen molar-refractivity contribution in [1.29, 1.82) is 0 Å². The molecule has 2 aliphatic heterocycles. The molecule has 0 aromatic carbocycles. The van der Waals surface area contributed by atoms with Crippen LogP contribution < -0.4 is 10.5 Å². The molecule has 6 heterocycles. The van der Waals surface area contributed by atoms with Gasteiger partial charge in [-0.3, -0.25) is 4.79 Å². The molecule has 4 aromatic rings. The van der Waals surface area contributed by atoms with Crippen LogP contribution >= 0.6 is 0 Å². The van der Waals surface area contributed by atoms with Crippen LogP contribution in [0.2, 0.25) is 0 Å². The number of rotatable bonds is 3. The van der Waals surface area contributed by atoms with Gasteiger partial charge in [-0.15, -0.1) is 0 Å². The van der Waals surface area contributed by atoms with Gasteiger partial charge in [-0.05, 0) is 37.5 Å². The average molecular weight is 415 g/mol. The Morgan fingerprint density at radius 2 is 2.03 bits per heavy atom. The lowest BCUT2D eigenvalue weighted by Crippen LogP contribution is -2.47. The van der Waals surface area contributed by atoms with E-state index in [4.69, 9.17) is 13.9 Å². The zero-order chi connectivity index (χ0) is 20.9. The number of fused-ring (bicyclic) bond motifs is 4. The molecule has 2 bridgehead atoms. The van der Waals surface area contributed by atoms with Crippen molar-refractivity contribution < 1.29 is 8.94 Å². The van der Waals surface area contributed by atoms with Crippen LogP contribution in [0, 0.1) is 12.8 Å². The molecule has 8 heteroatoms. The van der Waals surface area contributed by atoms with Gasteiger partial charge in [-0.2, -0.15) is 0 Å². The zero-order valence-electron chi connectivity index (χ0n) is 17.1. The van der Waals surface area contributed by atoms with Gasteiger partial charge in [0.2, 0.25) is 5.95 Å². The fraction of sp³-hybridized carbons (Fsp3) is 0.304. The van der Waals surface area contributed by atoms with E-state index in [0.29, 0.717) is 29.1 Å². The molecule has 0 radical (unpaired) electrons. The number of aryl methyl sites for hydroxylation is 1. The van der Waals surface area contributed by atoms with Crippen molar-refractivity contribution >= 4 is 5.95 Å². The zero-order valence-corrected chi connectivity index (χ0v) is 17.1. The predicted octanol–water partition coefficient (Wildman–Crippen LogP) is 3.49. The highest BCUT2D eigenvalue weighted by Gasteiger charge is 2.35. The van der Waals surface area contributed by atoms with Gasteiger partial charge in [0, 0.05) is 49.6 Å². The van der Waals surface area contributed by atoms with Gasteiger partial charge in [0.05, 0.1) is 17.5 Å². The maximum atomic E-state index is 12.3. The minimum atomic E-state index is 0.0868. The van der Waals surface area contributed by atoms with E-state index in [1.807, 2.05) is 35.8 Å². The molecular weight excluding hydrogens is 394 g/mol. The van der Waals surface area contributed by atoms with Crippen molar-refractivity contribution in [2.24, 2.45) is 5.92 Å². The highest BCUT2D eigenvalue weighted by atomic mass is 16.5. The quantitative estimate of drug-likeness (QED) is 0.506. The summed E-state index contributed by atoms with van der Waals surface area (Å²) in [4.78, 5) is 24.1. The third kappa shape index (κ3) is 3.06. The Balaban J connectivity index is 1.39. The van der Waals surface area contributed by atoms with Crippen LogP contribution in [0.3, 0.4) is 0 Å². The van der Waals surface area contributed by atoms with Crippen LogP contribution in [0.4, 0.5) is 5.95 Å². The second-order valence-electron chi connectivity index (χ2n) is 8.35. The third-order valence-electron chi connectivity index (χ3n) is 6.19. The summed E-state index contributed by atoms with van der Waals surface area (Å²) in [6.07, 6.45) is 4.50. The van der Waals surface area contributed by atoms with Gasteiger partial charge >= 0.3 is 0 Å². The number of hydrogen-bond acceptors (Lipinski definition) is 7. The summed E-state index contributed by atoms with van der Waals surface area (Å²) in [6.45, 7) is 4.21. The number of pyridine rings is 1. The minimum Gasteiger partial charge on any atom is -0.463 e. The minimum absolute atomic E-state index is 0.0868. The number of anilines is 1. The van der Waals surface area contributed by atoms with Crippen LogP contribution in [0.1, 0.15) is 23.7 Å². The van der Waals surface area contributed by atoms with E-state index >= 15 is 0 Å². The lowest BCUT2D eigenvalue weighted by atomic mass is 9.83. The number of hydrogen-bond donors (Lipinski definition) is 0. The van der Waals surface area contributed by atoms with Crippen molar-refractivity contribution in [1.82, 2.24) is 19.7 Å². The lowest BCUT2D eigenvalue weighted by molar-refractivity contribution is 0.279. The summed E-state index contributed by atoms with van der Waals surface area (Å²) in [5, 5.41) is 4.00. The summed E-state index contributed by atoms with van der Waals surface area (Å²) in [6, 6.07) is 11.2. The molecule has 0 N–H and O–H groups in total. The molecule has 31 heavy (non-hydrogen) atoms. The van der Waals surface area contributed by atoms with Crippen LogP contribution in [-0.4, -0.2) is 32.8 Å². The molecule has 6 rings (SSSR count). The van der Waals surface area contributed by atoms with Crippen LogP contribution in [0.5, 0.6) is 0 Å². The maximum absolute atomic E-state index is 12.3. The van der Waals surface area contributed by atoms with Gasteiger partial charge in [0.15, 0.2) is 11.5 Å². The van der Waals surface area contributed by atoms with E-state index in [1.165, 1.54) is 0 Å². The van der Waals surface area contributed by atoms with Crippen molar-refractivity contribution in [3.63, 3.8) is 0 Å². The maximum Gasteiger partial charge on any atom is 0.250 e. The first-order valence-electron chi connectivity index (χ1n) is 10.4. The first-order valence-corrected chi connectivity index (χ1v) is 10.4. The third-order valence-corrected chi connectivity index (χ3v) is 6.19. The second kappa shape index (κ2) is 6.94. The van der Waals surface area contributed by atoms with E-state index in [1.54, 1.807) is 18.5 Å². The molecule has 2 aliphatic rings. The smallest absolute Gasteiger partial charge is 0.250 e. The number of aromatic nitrogens is 4. The summed E-state index contributed by atoms with van der Waals surface area (Å²) in [5.41, 5.74) is 3.41. The summed E-state index contributed by atoms with van der Waals surface area (Å²) in [5.74, 6) is 2.60. The lowest BCUT2D eigenvalue weighted by Gasteiger charge is -2.42. The number of piperidine rings is 1. The largest absolute Gasteiger partial charge is 0.463 e. The standard InChI is InChI=1S/C23H21N5O3/c1-14-8-20(31-26-14)17-10-24-23(25-22(17)19-5-3-7-30-19)27-11-15-9-16(13-27)18-4-2-6-21(29)28(18)12-15/h2-8,10,15-16H,9,11-13H2,1H3/t15-,16-/m0/s1. The Hall–Kier alpha value is -3.68. The number of nitrogens with zero attached hydrogens (tertiary/aromatic N) is 5. The Labute approximate surface area is 178 Å². The SMILES string of the molecule is Cc1cc(-c2cnc(N3C[C@@H]4C[C@@H](C3)c3cccc(=O)n3C4)nc2-c2ccco2)on1. The van der Waals surface area contributed by atoms with Crippen molar-refractivity contribution in [3.8, 4) is 22.8 Å². The molecule has 8 nitrogen and oxygen atoms in total. The van der Waals surface area contributed by atoms with Crippen molar-refractivity contribution in [2.45, 2.75) is 25.8 Å². The van der Waals surface area contributed by atoms with E-state index in [0.717, 1.165) is 43.0 Å². The monoisotopic (exact) mass is 415 g/mol. The van der Waals surface area contributed by atoms with Gasteiger partial charge in [0.25, 0.3) is 5.56 Å². The average Bonchev–Trinajstić information content (AvgIpc) is 3.46. The molecule has 0 aliphatic carbocycles. The Kier molecular flexibility index (Phi) is 4.05. The van der Waals surface area contributed by atoms with E-state index in [9.17, 15) is 4.79 Å². The molecule has 4 aromatic heterocycles. The summed E-state index contributed by atoms with van der Waals surface area (Å²) >= 11 is 0. The van der Waals surface area contributed by atoms with Crippen LogP contribution in [-0.2, 0) is 6.54 Å². The molecule has 0 spiro atoms. The van der Waals surface area contributed by atoms with E-state index < -0.39 is 0 Å². The molecule has 156 valence electrons. The first-order chi connectivity index (χ1) is 15.2. The van der Waals surface area contributed by atoms with E-state index in [-0.39, 0.29) is 11.5 Å². The Bertz CT molecular complexity index is 1310. The molecule has 1 saturated heterocycles. The van der Waals surface area contributed by atoms with Crippen LogP contribution in [0.25, 0.3) is 22.8 Å². The summed E-state index contributed by atoms with van der Waals surface area (Å²) in [7, 11) is 0. The molecule has 2 atom stereocenters. The fourth-order valence-corrected chi connectivity index (χ4v) is 4.86. The highest BCUT2D eigenvalue weighted by molar-refractivity contribution is 5.75. The molecule has 0 saturated carbocycles. The van der Waals surface area contributed by atoms with Crippen molar-refractivity contribution in [2.75, 3.05) is 18.0 Å². The molecular formula is C23H21N5O3.